The molecule has 0 aliphatic carbocycles. The van der Waals surface area contributed by atoms with Crippen molar-refractivity contribution in [2.75, 3.05) is 56.6 Å². The van der Waals surface area contributed by atoms with E-state index in [9.17, 15) is 18.0 Å². The Balaban J connectivity index is 1.52. The van der Waals surface area contributed by atoms with Gasteiger partial charge in [-0.3, -0.25) is 14.5 Å². The second-order valence-corrected chi connectivity index (χ2v) is 11.9. The fraction of sp³-hybridized carbons (Fsp3) is 0.667. The fourth-order valence-electron chi connectivity index (χ4n) is 5.26. The Morgan fingerprint density at radius 3 is 2.53 bits per heavy atom. The van der Waals surface area contributed by atoms with Crippen molar-refractivity contribution in [1.82, 2.24) is 14.5 Å². The lowest BCUT2D eigenvalue weighted by atomic mass is 9.96. The van der Waals surface area contributed by atoms with Crippen LogP contribution in [-0.2, 0) is 19.6 Å². The van der Waals surface area contributed by atoms with E-state index in [1.165, 1.54) is 37.9 Å². The quantitative estimate of drug-likeness (QED) is 0.594. The maximum absolute atomic E-state index is 13.4. The number of likely N-dealkylation sites (tertiary alicyclic amines) is 1. The highest BCUT2D eigenvalue weighted by molar-refractivity contribution is 7.89. The first-order chi connectivity index (χ1) is 16.2. The van der Waals surface area contributed by atoms with Gasteiger partial charge in [0.2, 0.25) is 21.8 Å². The lowest BCUT2D eigenvalue weighted by molar-refractivity contribution is -0.125. The molecule has 1 aromatic carbocycles. The summed E-state index contributed by atoms with van der Waals surface area (Å²) in [4.78, 5) is 32.4. The standard InChI is InChI=1S/C24H37N5O4S/c1-18(27-13-6-7-14-27)11-12-25-23(30)17-29-22-16-19(34(32,33)26(2)3)9-10-20(22)28-15-5-4-8-21(28)24(29)31/h9-10,16,18,21H,4-8,11-15,17H2,1-3H3,(H,25,30)/t18-,21+/m1/s1. The van der Waals surface area contributed by atoms with Crippen LogP contribution in [0.1, 0.15) is 45.4 Å². The molecule has 3 aliphatic rings. The minimum absolute atomic E-state index is 0.111. The Bertz CT molecular complexity index is 1020. The molecule has 2 atom stereocenters. The van der Waals surface area contributed by atoms with Crippen LogP contribution in [0, 0.1) is 0 Å². The van der Waals surface area contributed by atoms with E-state index in [4.69, 9.17) is 0 Å². The first kappa shape index (κ1) is 24.9. The molecular formula is C24H37N5O4S. The molecule has 0 spiro atoms. The summed E-state index contributed by atoms with van der Waals surface area (Å²) in [5.41, 5.74) is 1.31. The molecule has 1 aromatic rings. The predicted molar refractivity (Wildman–Crippen MR) is 133 cm³/mol. The summed E-state index contributed by atoms with van der Waals surface area (Å²) < 4.78 is 26.7. The molecule has 2 amide bonds. The normalized spacial score (nSPS) is 22.0. The van der Waals surface area contributed by atoms with Crippen LogP contribution in [0.15, 0.2) is 23.1 Å². The number of carbonyl (C=O) groups is 2. The lowest BCUT2D eigenvalue weighted by Gasteiger charge is -2.45. The van der Waals surface area contributed by atoms with E-state index >= 15 is 0 Å². The van der Waals surface area contributed by atoms with E-state index in [-0.39, 0.29) is 29.3 Å². The van der Waals surface area contributed by atoms with Gasteiger partial charge in [-0.05, 0) is 76.7 Å². The van der Waals surface area contributed by atoms with Crippen molar-refractivity contribution in [1.29, 1.82) is 0 Å². The summed E-state index contributed by atoms with van der Waals surface area (Å²) in [5.74, 6) is -0.356. The molecule has 0 aromatic heterocycles. The number of hydrogen-bond acceptors (Lipinski definition) is 6. The smallest absolute Gasteiger partial charge is 0.250 e. The zero-order valence-corrected chi connectivity index (χ0v) is 21.3. The monoisotopic (exact) mass is 491 g/mol. The number of sulfonamides is 1. The Morgan fingerprint density at radius 2 is 1.82 bits per heavy atom. The van der Waals surface area contributed by atoms with Crippen LogP contribution in [0.25, 0.3) is 0 Å². The number of nitrogens with one attached hydrogen (secondary N) is 1. The molecule has 2 fully saturated rings. The van der Waals surface area contributed by atoms with Crippen molar-refractivity contribution in [2.24, 2.45) is 0 Å². The minimum atomic E-state index is -3.67. The molecule has 0 saturated carbocycles. The van der Waals surface area contributed by atoms with Crippen molar-refractivity contribution < 1.29 is 18.0 Å². The van der Waals surface area contributed by atoms with Crippen LogP contribution in [0.2, 0.25) is 0 Å². The maximum Gasteiger partial charge on any atom is 0.250 e. The van der Waals surface area contributed by atoms with Crippen LogP contribution in [0.5, 0.6) is 0 Å². The van der Waals surface area contributed by atoms with E-state index in [2.05, 4.69) is 22.0 Å². The van der Waals surface area contributed by atoms with E-state index in [1.807, 2.05) is 0 Å². The SMILES string of the molecule is C[C@H](CCNC(=O)CN1C(=O)[C@@H]2CCCCN2c2ccc(S(=O)(=O)N(C)C)cc21)N1CCCC1. The Kier molecular flexibility index (Phi) is 7.49. The van der Waals surface area contributed by atoms with Crippen molar-refractivity contribution >= 4 is 33.2 Å². The minimum Gasteiger partial charge on any atom is -0.358 e. The van der Waals surface area contributed by atoms with Gasteiger partial charge >= 0.3 is 0 Å². The zero-order chi connectivity index (χ0) is 24.5. The van der Waals surface area contributed by atoms with Gasteiger partial charge in [0.15, 0.2) is 0 Å². The number of piperidine rings is 1. The Hall–Kier alpha value is -2.17. The van der Waals surface area contributed by atoms with Crippen LogP contribution < -0.4 is 15.1 Å². The van der Waals surface area contributed by atoms with Gasteiger partial charge in [0, 0.05) is 33.2 Å². The summed E-state index contributed by atoms with van der Waals surface area (Å²) in [6.45, 7) is 5.61. The van der Waals surface area contributed by atoms with E-state index in [0.29, 0.717) is 18.3 Å². The molecule has 1 N–H and O–H groups in total. The molecule has 0 radical (unpaired) electrons. The summed E-state index contributed by atoms with van der Waals surface area (Å²) in [5, 5.41) is 2.97. The number of nitrogens with zero attached hydrogens (tertiary/aromatic N) is 4. The van der Waals surface area contributed by atoms with Crippen molar-refractivity contribution in [2.45, 2.75) is 62.4 Å². The van der Waals surface area contributed by atoms with Gasteiger partial charge in [0.1, 0.15) is 12.6 Å². The summed E-state index contributed by atoms with van der Waals surface area (Å²) in [6, 6.07) is 5.01. The number of rotatable bonds is 8. The van der Waals surface area contributed by atoms with Crippen LogP contribution >= 0.6 is 0 Å². The highest BCUT2D eigenvalue weighted by Gasteiger charge is 2.40. The first-order valence-corrected chi connectivity index (χ1v) is 13.8. The van der Waals surface area contributed by atoms with Gasteiger partial charge in [-0.2, -0.15) is 0 Å². The molecule has 3 aliphatic heterocycles. The first-order valence-electron chi connectivity index (χ1n) is 12.4. The Labute approximate surface area is 203 Å². The van der Waals surface area contributed by atoms with Crippen molar-refractivity contribution in [3.63, 3.8) is 0 Å². The third kappa shape index (κ3) is 4.94. The molecule has 0 unspecified atom stereocenters. The van der Waals surface area contributed by atoms with Crippen LogP contribution in [-0.4, -0.2) is 88.3 Å². The number of hydrogen-bond donors (Lipinski definition) is 1. The van der Waals surface area contributed by atoms with Gasteiger partial charge in [-0.15, -0.1) is 0 Å². The highest BCUT2D eigenvalue weighted by atomic mass is 32.2. The van der Waals surface area contributed by atoms with Crippen LogP contribution in [0.4, 0.5) is 11.4 Å². The average molecular weight is 492 g/mol. The number of benzene rings is 1. The number of carbonyl (C=O) groups excluding carboxylic acids is 2. The molecule has 0 bridgehead atoms. The third-order valence-corrected chi connectivity index (χ3v) is 9.14. The maximum atomic E-state index is 13.4. The average Bonchev–Trinajstić information content (AvgIpc) is 3.36. The van der Waals surface area contributed by atoms with Crippen LogP contribution in [0.3, 0.4) is 0 Å². The molecule has 188 valence electrons. The molecule has 34 heavy (non-hydrogen) atoms. The topological polar surface area (TPSA) is 93.3 Å². The van der Waals surface area contributed by atoms with Crippen molar-refractivity contribution in [3.8, 4) is 0 Å². The number of fused-ring (bicyclic) bond motifs is 3. The zero-order valence-electron chi connectivity index (χ0n) is 20.5. The molecule has 3 heterocycles. The molecule has 4 rings (SSSR count). The summed E-state index contributed by atoms with van der Waals surface area (Å²) in [6.07, 6.45) is 6.01. The molecule has 2 saturated heterocycles. The van der Waals surface area contributed by atoms with E-state index < -0.39 is 10.0 Å². The Morgan fingerprint density at radius 1 is 1.12 bits per heavy atom. The van der Waals surface area contributed by atoms with Gasteiger partial charge in [-0.1, -0.05) is 0 Å². The lowest BCUT2D eigenvalue weighted by Crippen LogP contribution is -2.57. The van der Waals surface area contributed by atoms with Gasteiger partial charge in [0.05, 0.1) is 16.3 Å². The number of anilines is 2. The fourth-order valence-corrected chi connectivity index (χ4v) is 6.18. The largest absolute Gasteiger partial charge is 0.358 e. The highest BCUT2D eigenvalue weighted by Crippen LogP contribution is 2.40. The molecule has 10 heteroatoms. The summed E-state index contributed by atoms with van der Waals surface area (Å²) >= 11 is 0. The van der Waals surface area contributed by atoms with E-state index in [1.54, 1.807) is 12.1 Å². The second kappa shape index (κ2) is 10.2. The van der Waals surface area contributed by atoms with Gasteiger partial charge < -0.3 is 15.1 Å². The van der Waals surface area contributed by atoms with E-state index in [0.717, 1.165) is 55.3 Å². The third-order valence-electron chi connectivity index (χ3n) is 7.33. The number of amides is 2. The molecular weight excluding hydrogens is 454 g/mol. The summed E-state index contributed by atoms with van der Waals surface area (Å²) in [7, 11) is -0.707. The molecule has 9 nitrogen and oxygen atoms in total. The predicted octanol–water partition coefficient (Wildman–Crippen LogP) is 1.63. The second-order valence-electron chi connectivity index (χ2n) is 9.80. The van der Waals surface area contributed by atoms with Gasteiger partial charge in [0.25, 0.3) is 0 Å². The van der Waals surface area contributed by atoms with Crippen molar-refractivity contribution in [3.05, 3.63) is 18.2 Å². The van der Waals surface area contributed by atoms with Gasteiger partial charge in [-0.25, -0.2) is 12.7 Å².